The summed E-state index contributed by atoms with van der Waals surface area (Å²) in [6.07, 6.45) is 1.39. The smallest absolute Gasteiger partial charge is 0.248 e. The molecule has 0 aromatic heterocycles. The fourth-order valence-corrected chi connectivity index (χ4v) is 4.56. The number of nitrogens with one attached hydrogen (secondary N) is 1. The van der Waals surface area contributed by atoms with Crippen molar-refractivity contribution in [3.05, 3.63) is 27.8 Å². The molecule has 2 aliphatic heterocycles. The van der Waals surface area contributed by atoms with Crippen molar-refractivity contribution >= 4 is 51.9 Å². The van der Waals surface area contributed by atoms with Crippen LogP contribution >= 0.6 is 34.4 Å². The average molecular weight is 402 g/mol. The van der Waals surface area contributed by atoms with E-state index < -0.39 is 0 Å². The first kappa shape index (κ1) is 14.2. The molecule has 106 valence electrons. The summed E-state index contributed by atoms with van der Waals surface area (Å²) in [5, 5.41) is 2.91. The third-order valence-electron chi connectivity index (χ3n) is 3.86. The molecule has 2 saturated heterocycles. The van der Waals surface area contributed by atoms with Gasteiger partial charge in [-0.3, -0.25) is 9.59 Å². The molecular weight excluding hydrogens is 387 g/mol. The van der Waals surface area contributed by atoms with Crippen LogP contribution in [0.3, 0.4) is 0 Å². The van der Waals surface area contributed by atoms with Crippen molar-refractivity contribution in [3.8, 4) is 0 Å². The van der Waals surface area contributed by atoms with Crippen LogP contribution in [0.25, 0.3) is 0 Å². The van der Waals surface area contributed by atoms with Crippen molar-refractivity contribution < 1.29 is 9.59 Å². The van der Waals surface area contributed by atoms with Gasteiger partial charge >= 0.3 is 0 Å². The number of carbonyl (C=O) groups excluding carboxylic acids is 2. The predicted molar refractivity (Wildman–Crippen MR) is 88.5 cm³/mol. The molecule has 4 nitrogen and oxygen atoms in total. The lowest BCUT2D eigenvalue weighted by Gasteiger charge is -2.29. The Kier molecular flexibility index (Phi) is 3.70. The number of rotatable bonds is 2. The number of hydrogen-bond donors (Lipinski definition) is 1. The lowest BCUT2D eigenvalue weighted by Crippen LogP contribution is -2.48. The molecular formula is C14H15IN2O2S. The van der Waals surface area contributed by atoms with Crippen LogP contribution < -0.4 is 5.32 Å². The van der Waals surface area contributed by atoms with Crippen molar-refractivity contribution in [3.63, 3.8) is 0 Å². The van der Waals surface area contributed by atoms with Gasteiger partial charge in [-0.05, 0) is 60.2 Å². The van der Waals surface area contributed by atoms with E-state index in [4.69, 9.17) is 0 Å². The first-order valence-electron chi connectivity index (χ1n) is 6.52. The summed E-state index contributed by atoms with van der Waals surface area (Å²) in [6.45, 7) is 2.06. The van der Waals surface area contributed by atoms with E-state index in [1.165, 1.54) is 0 Å². The second kappa shape index (κ2) is 5.22. The van der Waals surface area contributed by atoms with Gasteiger partial charge in [0.25, 0.3) is 0 Å². The maximum atomic E-state index is 12.4. The van der Waals surface area contributed by atoms with E-state index in [-0.39, 0.29) is 22.7 Å². The number of fused-ring (bicyclic) bond motifs is 1. The van der Waals surface area contributed by atoms with Gasteiger partial charge in [-0.1, -0.05) is 0 Å². The van der Waals surface area contributed by atoms with Gasteiger partial charge in [-0.15, -0.1) is 11.8 Å². The minimum absolute atomic E-state index is 0.0855. The van der Waals surface area contributed by atoms with Gasteiger partial charge < -0.3 is 10.2 Å². The van der Waals surface area contributed by atoms with Crippen molar-refractivity contribution in [2.75, 3.05) is 11.1 Å². The Labute approximate surface area is 135 Å². The second-order valence-corrected chi connectivity index (χ2v) is 8.01. The highest BCUT2D eigenvalue weighted by Crippen LogP contribution is 2.47. The highest BCUT2D eigenvalue weighted by Gasteiger charge is 2.52. The lowest BCUT2D eigenvalue weighted by atomic mass is 10.2. The van der Waals surface area contributed by atoms with Crippen LogP contribution in [-0.4, -0.2) is 33.4 Å². The first-order chi connectivity index (χ1) is 9.49. The number of benzene rings is 1. The summed E-state index contributed by atoms with van der Waals surface area (Å²) >= 11 is 3.94. The lowest BCUT2D eigenvalue weighted by molar-refractivity contribution is -0.135. The molecule has 0 saturated carbocycles. The summed E-state index contributed by atoms with van der Waals surface area (Å²) in [6, 6.07) is 7.31. The Morgan fingerprint density at radius 3 is 2.85 bits per heavy atom. The van der Waals surface area contributed by atoms with Gasteiger partial charge in [-0.25, -0.2) is 0 Å². The maximum Gasteiger partial charge on any atom is 0.248 e. The SMILES string of the molecule is CC12CCC(=O)N1C(C(=O)Nc1ccc(I)cc1)CS2. The third-order valence-corrected chi connectivity index (χ3v) is 6.08. The molecule has 2 amide bonds. The molecule has 6 heteroatoms. The fraction of sp³-hybridized carbons (Fsp3) is 0.429. The minimum Gasteiger partial charge on any atom is -0.324 e. The van der Waals surface area contributed by atoms with Crippen molar-refractivity contribution in [2.24, 2.45) is 0 Å². The molecule has 2 atom stereocenters. The molecule has 2 aliphatic rings. The molecule has 3 rings (SSSR count). The molecule has 1 aromatic rings. The molecule has 2 fully saturated rings. The van der Waals surface area contributed by atoms with E-state index in [9.17, 15) is 9.59 Å². The van der Waals surface area contributed by atoms with Crippen LogP contribution in [0.4, 0.5) is 5.69 Å². The van der Waals surface area contributed by atoms with Gasteiger partial charge in [0.2, 0.25) is 11.8 Å². The first-order valence-corrected chi connectivity index (χ1v) is 8.59. The van der Waals surface area contributed by atoms with Gasteiger partial charge in [0.1, 0.15) is 6.04 Å². The van der Waals surface area contributed by atoms with Crippen LogP contribution in [0.15, 0.2) is 24.3 Å². The number of anilines is 1. The summed E-state index contributed by atoms with van der Waals surface area (Å²) < 4.78 is 1.12. The third kappa shape index (κ3) is 2.43. The Morgan fingerprint density at radius 1 is 1.45 bits per heavy atom. The standard InChI is InChI=1S/C14H15IN2O2S/c1-14-7-6-12(18)17(14)11(8-20-14)13(19)16-10-4-2-9(15)3-5-10/h2-5,11H,6-8H2,1H3,(H,16,19). The highest BCUT2D eigenvalue weighted by molar-refractivity contribution is 14.1. The van der Waals surface area contributed by atoms with Crippen LogP contribution in [0.2, 0.25) is 0 Å². The largest absolute Gasteiger partial charge is 0.324 e. The summed E-state index contributed by atoms with van der Waals surface area (Å²) in [5.41, 5.74) is 0.778. The molecule has 20 heavy (non-hydrogen) atoms. The van der Waals surface area contributed by atoms with E-state index in [0.717, 1.165) is 15.7 Å². The number of thioether (sulfide) groups is 1. The molecule has 0 radical (unpaired) electrons. The second-order valence-electron chi connectivity index (χ2n) is 5.26. The van der Waals surface area contributed by atoms with Crippen LogP contribution in [0, 0.1) is 3.57 Å². The zero-order valence-corrected chi connectivity index (χ0v) is 14.0. The van der Waals surface area contributed by atoms with E-state index >= 15 is 0 Å². The normalized spacial score (nSPS) is 28.6. The Bertz CT molecular complexity index is 563. The van der Waals surface area contributed by atoms with E-state index in [1.54, 1.807) is 16.7 Å². The molecule has 0 spiro atoms. The molecule has 0 aliphatic carbocycles. The zero-order chi connectivity index (χ0) is 14.3. The van der Waals surface area contributed by atoms with Crippen LogP contribution in [0.1, 0.15) is 19.8 Å². The van der Waals surface area contributed by atoms with E-state index in [1.807, 2.05) is 24.3 Å². The van der Waals surface area contributed by atoms with E-state index in [2.05, 4.69) is 34.8 Å². The van der Waals surface area contributed by atoms with Crippen molar-refractivity contribution in [2.45, 2.75) is 30.7 Å². The van der Waals surface area contributed by atoms with Gasteiger partial charge in [0, 0.05) is 21.4 Å². The molecule has 0 bridgehead atoms. The summed E-state index contributed by atoms with van der Waals surface area (Å²) in [7, 11) is 0. The Hall–Kier alpha value is -0.760. The fourth-order valence-electron chi connectivity index (χ4n) is 2.77. The number of halogens is 1. The number of nitrogens with zero attached hydrogens (tertiary/aromatic N) is 1. The van der Waals surface area contributed by atoms with Crippen molar-refractivity contribution in [1.82, 2.24) is 4.90 Å². The van der Waals surface area contributed by atoms with Crippen molar-refractivity contribution in [1.29, 1.82) is 0 Å². The topological polar surface area (TPSA) is 49.4 Å². The Balaban J connectivity index is 1.75. The number of amides is 2. The summed E-state index contributed by atoms with van der Waals surface area (Å²) in [4.78, 5) is 26.0. The minimum atomic E-state index is -0.348. The molecule has 1 N–H and O–H groups in total. The van der Waals surface area contributed by atoms with Crippen LogP contribution in [-0.2, 0) is 9.59 Å². The van der Waals surface area contributed by atoms with Gasteiger partial charge in [-0.2, -0.15) is 0 Å². The number of hydrogen-bond acceptors (Lipinski definition) is 3. The zero-order valence-electron chi connectivity index (χ0n) is 11.1. The van der Waals surface area contributed by atoms with Crippen LogP contribution in [0.5, 0.6) is 0 Å². The Morgan fingerprint density at radius 2 is 2.15 bits per heavy atom. The van der Waals surface area contributed by atoms with Gasteiger partial charge in [0.15, 0.2) is 0 Å². The highest BCUT2D eigenvalue weighted by atomic mass is 127. The predicted octanol–water partition coefficient (Wildman–Crippen LogP) is 2.68. The van der Waals surface area contributed by atoms with Gasteiger partial charge in [0.05, 0.1) is 4.87 Å². The molecule has 2 heterocycles. The van der Waals surface area contributed by atoms with E-state index in [0.29, 0.717) is 12.2 Å². The summed E-state index contributed by atoms with van der Waals surface area (Å²) in [5.74, 6) is 0.691. The maximum absolute atomic E-state index is 12.4. The number of carbonyl (C=O) groups is 2. The average Bonchev–Trinajstić information content (AvgIpc) is 2.90. The molecule has 1 aromatic carbocycles. The molecule has 2 unspecified atom stereocenters. The monoisotopic (exact) mass is 402 g/mol. The quantitative estimate of drug-likeness (QED) is 0.775.